The molecule has 0 saturated heterocycles. The fourth-order valence-electron chi connectivity index (χ4n) is 6.83. The first kappa shape index (κ1) is 25.7. The summed E-state index contributed by atoms with van der Waals surface area (Å²) in [6.07, 6.45) is 13.7. The molecule has 0 spiro atoms. The molecule has 45 heavy (non-hydrogen) atoms. The Hall–Kier alpha value is -5.74. The van der Waals surface area contributed by atoms with E-state index in [9.17, 15) is 0 Å². The largest absolute Gasteiger partial charge is 0.254 e. The predicted molar refractivity (Wildman–Crippen MR) is 186 cm³/mol. The lowest BCUT2D eigenvalue weighted by Gasteiger charge is -2.15. The zero-order valence-corrected chi connectivity index (χ0v) is 24.6. The summed E-state index contributed by atoms with van der Waals surface area (Å²) in [7, 11) is 0. The smallest absolute Gasteiger partial charge is 0.159 e. The second kappa shape index (κ2) is 10.5. The summed E-state index contributed by atoms with van der Waals surface area (Å²) in [5, 5.41) is 7.49. The molecule has 0 amide bonds. The minimum Gasteiger partial charge on any atom is -0.254 e. The molecule has 1 aliphatic carbocycles. The standard InChI is InChI=1S/C41H28N4/c1-2-8-32-33-10-4-5-11-35(33)37-23-30(18-20-36(37)34(32)9-3-1)26-12-16-29(17-13-26)41-43-24-31(25-44-41)38-21-19-28-15-14-27-7-6-22-42-39(27)40(28)45-38/h3-7,9-25H,1-2,8H2. The number of hydrogen-bond donors (Lipinski definition) is 0. The normalized spacial score (nSPS) is 13.0. The fourth-order valence-corrected chi connectivity index (χ4v) is 6.83. The Morgan fingerprint density at radius 3 is 2.16 bits per heavy atom. The molecule has 8 aromatic rings. The van der Waals surface area contributed by atoms with Crippen molar-refractivity contribution in [2.45, 2.75) is 19.3 Å². The number of aromatic nitrogens is 4. The van der Waals surface area contributed by atoms with Crippen molar-refractivity contribution in [2.75, 3.05) is 0 Å². The third kappa shape index (κ3) is 4.37. The summed E-state index contributed by atoms with van der Waals surface area (Å²) in [4.78, 5) is 19.0. The van der Waals surface area contributed by atoms with Crippen molar-refractivity contribution >= 4 is 49.4 Å². The van der Waals surface area contributed by atoms with Crippen molar-refractivity contribution in [2.24, 2.45) is 0 Å². The molecule has 0 saturated carbocycles. The van der Waals surface area contributed by atoms with Crippen LogP contribution in [-0.4, -0.2) is 19.9 Å². The summed E-state index contributed by atoms with van der Waals surface area (Å²) < 4.78 is 0. The molecule has 9 rings (SSSR count). The van der Waals surface area contributed by atoms with Gasteiger partial charge in [0.05, 0.1) is 16.7 Å². The first-order valence-electron chi connectivity index (χ1n) is 15.5. The Balaban J connectivity index is 1.04. The molecule has 0 fully saturated rings. The monoisotopic (exact) mass is 576 g/mol. The molecule has 0 N–H and O–H groups in total. The topological polar surface area (TPSA) is 51.6 Å². The summed E-state index contributed by atoms with van der Waals surface area (Å²) in [5.41, 5.74) is 9.73. The van der Waals surface area contributed by atoms with E-state index >= 15 is 0 Å². The molecule has 3 heterocycles. The van der Waals surface area contributed by atoms with Gasteiger partial charge in [-0.05, 0) is 81.3 Å². The summed E-state index contributed by atoms with van der Waals surface area (Å²) >= 11 is 0. The number of allylic oxidation sites excluding steroid dienone is 1. The van der Waals surface area contributed by atoms with Gasteiger partial charge in [-0.25, -0.2) is 15.0 Å². The number of aryl methyl sites for hydroxylation is 1. The van der Waals surface area contributed by atoms with Crippen molar-refractivity contribution in [3.63, 3.8) is 0 Å². The Morgan fingerprint density at radius 2 is 1.29 bits per heavy atom. The van der Waals surface area contributed by atoms with Crippen LogP contribution in [-0.2, 0) is 6.42 Å². The highest BCUT2D eigenvalue weighted by molar-refractivity contribution is 6.14. The number of rotatable bonds is 3. The molecule has 0 radical (unpaired) electrons. The average Bonchev–Trinajstić information content (AvgIpc) is 3.38. The van der Waals surface area contributed by atoms with Crippen LogP contribution in [0.25, 0.3) is 83.2 Å². The van der Waals surface area contributed by atoms with Gasteiger partial charge >= 0.3 is 0 Å². The van der Waals surface area contributed by atoms with Crippen molar-refractivity contribution < 1.29 is 0 Å². The van der Waals surface area contributed by atoms with E-state index in [1.54, 1.807) is 0 Å². The van der Waals surface area contributed by atoms with Crippen LogP contribution >= 0.6 is 0 Å². The van der Waals surface area contributed by atoms with E-state index in [1.165, 1.54) is 50.2 Å². The van der Waals surface area contributed by atoms with Crippen molar-refractivity contribution in [3.05, 3.63) is 139 Å². The zero-order chi connectivity index (χ0) is 29.7. The Labute approximate surface area is 260 Å². The highest BCUT2D eigenvalue weighted by Gasteiger charge is 2.15. The lowest BCUT2D eigenvalue weighted by molar-refractivity contribution is 0.857. The minimum absolute atomic E-state index is 0.692. The third-order valence-electron chi connectivity index (χ3n) is 9.12. The number of benzene rings is 5. The number of nitrogens with zero attached hydrogens (tertiary/aromatic N) is 4. The van der Waals surface area contributed by atoms with E-state index in [4.69, 9.17) is 15.0 Å². The lowest BCUT2D eigenvalue weighted by Crippen LogP contribution is -1.94. The molecule has 1 aliphatic rings. The minimum atomic E-state index is 0.692. The first-order chi connectivity index (χ1) is 22.3. The van der Waals surface area contributed by atoms with E-state index in [1.807, 2.05) is 30.7 Å². The molecule has 5 aromatic carbocycles. The Bertz CT molecular complexity index is 2440. The second-order valence-electron chi connectivity index (χ2n) is 11.8. The van der Waals surface area contributed by atoms with E-state index < -0.39 is 0 Å². The molecule has 4 heteroatoms. The van der Waals surface area contributed by atoms with Gasteiger partial charge in [-0.15, -0.1) is 0 Å². The molecule has 0 atom stereocenters. The van der Waals surface area contributed by atoms with Crippen LogP contribution in [0.3, 0.4) is 0 Å². The van der Waals surface area contributed by atoms with Gasteiger partial charge in [0.25, 0.3) is 0 Å². The maximum absolute atomic E-state index is 4.94. The predicted octanol–water partition coefficient (Wildman–Crippen LogP) is 10.2. The molecule has 0 unspecified atom stereocenters. The maximum Gasteiger partial charge on any atom is 0.159 e. The molecule has 0 aliphatic heterocycles. The second-order valence-corrected chi connectivity index (χ2v) is 11.8. The third-order valence-corrected chi connectivity index (χ3v) is 9.12. The van der Waals surface area contributed by atoms with Crippen molar-refractivity contribution in [1.82, 2.24) is 19.9 Å². The molecule has 212 valence electrons. The highest BCUT2D eigenvalue weighted by atomic mass is 14.9. The average molecular weight is 577 g/mol. The molecule has 0 bridgehead atoms. The highest BCUT2D eigenvalue weighted by Crippen LogP contribution is 2.38. The quantitative estimate of drug-likeness (QED) is 0.196. The van der Waals surface area contributed by atoms with E-state index in [0.717, 1.165) is 51.5 Å². The van der Waals surface area contributed by atoms with Crippen LogP contribution in [0.5, 0.6) is 0 Å². The van der Waals surface area contributed by atoms with Gasteiger partial charge in [-0.1, -0.05) is 97.1 Å². The first-order valence-corrected chi connectivity index (χ1v) is 15.5. The summed E-state index contributed by atoms with van der Waals surface area (Å²) in [6.45, 7) is 0. The Morgan fingerprint density at radius 1 is 0.533 bits per heavy atom. The Kier molecular flexibility index (Phi) is 5.98. The number of pyridine rings is 2. The number of fused-ring (bicyclic) bond motifs is 9. The molecular formula is C41H28N4. The van der Waals surface area contributed by atoms with Gasteiger partial charge in [-0.2, -0.15) is 0 Å². The van der Waals surface area contributed by atoms with Crippen LogP contribution in [0, 0.1) is 0 Å². The van der Waals surface area contributed by atoms with Gasteiger partial charge in [0.2, 0.25) is 0 Å². The summed E-state index contributed by atoms with van der Waals surface area (Å²) in [5.74, 6) is 0.692. The molecule has 4 nitrogen and oxygen atoms in total. The molecular weight excluding hydrogens is 548 g/mol. The fraction of sp³-hybridized carbons (Fsp3) is 0.0732. The molecule has 3 aromatic heterocycles. The van der Waals surface area contributed by atoms with Gasteiger partial charge in [0, 0.05) is 40.5 Å². The van der Waals surface area contributed by atoms with Crippen LogP contribution in [0.1, 0.15) is 24.0 Å². The van der Waals surface area contributed by atoms with Crippen LogP contribution in [0.4, 0.5) is 0 Å². The van der Waals surface area contributed by atoms with Gasteiger partial charge in [-0.3, -0.25) is 4.98 Å². The van der Waals surface area contributed by atoms with E-state index in [-0.39, 0.29) is 0 Å². The van der Waals surface area contributed by atoms with Crippen LogP contribution in [0.2, 0.25) is 0 Å². The lowest BCUT2D eigenvalue weighted by atomic mass is 9.88. The zero-order valence-electron chi connectivity index (χ0n) is 24.6. The van der Waals surface area contributed by atoms with Crippen molar-refractivity contribution in [3.8, 4) is 33.8 Å². The maximum atomic E-state index is 4.94. The van der Waals surface area contributed by atoms with Crippen molar-refractivity contribution in [1.29, 1.82) is 0 Å². The van der Waals surface area contributed by atoms with Gasteiger partial charge in [0.15, 0.2) is 5.82 Å². The SMILES string of the molecule is C1=Cc2c(c3ccccc3c3cc(-c4ccc(-c5ncc(-c6ccc7ccc8cccnc8c7n6)cn5)cc4)ccc23)CCC1. The summed E-state index contributed by atoms with van der Waals surface area (Å²) in [6, 6.07) is 36.6. The van der Waals surface area contributed by atoms with Crippen LogP contribution < -0.4 is 0 Å². The number of hydrogen-bond acceptors (Lipinski definition) is 4. The van der Waals surface area contributed by atoms with Gasteiger partial charge < -0.3 is 0 Å². The van der Waals surface area contributed by atoms with Gasteiger partial charge in [0.1, 0.15) is 0 Å². The van der Waals surface area contributed by atoms with E-state index in [2.05, 4.69) is 108 Å². The van der Waals surface area contributed by atoms with Crippen LogP contribution in [0.15, 0.2) is 128 Å². The van der Waals surface area contributed by atoms with E-state index in [0.29, 0.717) is 5.82 Å².